The molecular formula is C14H26N2O2. The van der Waals surface area contributed by atoms with Crippen LogP contribution in [0.5, 0.6) is 0 Å². The van der Waals surface area contributed by atoms with E-state index in [-0.39, 0.29) is 18.1 Å². The molecule has 1 aliphatic carbocycles. The highest BCUT2D eigenvalue weighted by atomic mass is 16.5. The fourth-order valence-electron chi connectivity index (χ4n) is 3.08. The van der Waals surface area contributed by atoms with Gasteiger partial charge >= 0.3 is 0 Å². The van der Waals surface area contributed by atoms with Crippen molar-refractivity contribution < 1.29 is 9.53 Å². The molecule has 1 amide bonds. The summed E-state index contributed by atoms with van der Waals surface area (Å²) in [5, 5.41) is 0. The molecule has 4 nitrogen and oxygen atoms in total. The van der Waals surface area contributed by atoms with Crippen LogP contribution in [0.3, 0.4) is 0 Å². The average molecular weight is 254 g/mol. The van der Waals surface area contributed by atoms with Crippen LogP contribution in [0.15, 0.2) is 0 Å². The summed E-state index contributed by atoms with van der Waals surface area (Å²) in [5.41, 5.74) is 5.62. The normalized spacial score (nSPS) is 29.8. The van der Waals surface area contributed by atoms with Crippen molar-refractivity contribution in [3.63, 3.8) is 0 Å². The van der Waals surface area contributed by atoms with E-state index in [1.807, 2.05) is 4.90 Å². The highest BCUT2D eigenvalue weighted by Gasteiger charge is 2.29. The zero-order valence-electron chi connectivity index (χ0n) is 11.4. The number of nitrogens with zero attached hydrogens (tertiary/aromatic N) is 1. The molecule has 2 unspecified atom stereocenters. The van der Waals surface area contributed by atoms with E-state index in [2.05, 4.69) is 6.92 Å². The molecule has 2 atom stereocenters. The zero-order valence-corrected chi connectivity index (χ0v) is 11.4. The van der Waals surface area contributed by atoms with Crippen molar-refractivity contribution >= 4 is 5.91 Å². The Hall–Kier alpha value is -0.610. The molecule has 1 heterocycles. The summed E-state index contributed by atoms with van der Waals surface area (Å²) < 4.78 is 5.58. The first-order chi connectivity index (χ1) is 8.70. The number of carbonyl (C=O) groups excluding carboxylic acids is 1. The van der Waals surface area contributed by atoms with Gasteiger partial charge in [0.1, 0.15) is 0 Å². The molecule has 18 heavy (non-hydrogen) atoms. The van der Waals surface area contributed by atoms with Crippen LogP contribution in [0, 0.1) is 5.92 Å². The van der Waals surface area contributed by atoms with Gasteiger partial charge in [0.25, 0.3) is 0 Å². The number of hydrogen-bond acceptors (Lipinski definition) is 3. The van der Waals surface area contributed by atoms with Gasteiger partial charge in [-0.2, -0.15) is 0 Å². The summed E-state index contributed by atoms with van der Waals surface area (Å²) >= 11 is 0. The van der Waals surface area contributed by atoms with Crippen LogP contribution < -0.4 is 5.73 Å². The predicted molar refractivity (Wildman–Crippen MR) is 71.2 cm³/mol. The van der Waals surface area contributed by atoms with Gasteiger partial charge < -0.3 is 15.4 Å². The second kappa shape index (κ2) is 6.53. The van der Waals surface area contributed by atoms with Crippen molar-refractivity contribution in [1.82, 2.24) is 4.90 Å². The molecule has 0 spiro atoms. The van der Waals surface area contributed by atoms with E-state index in [4.69, 9.17) is 10.5 Å². The summed E-state index contributed by atoms with van der Waals surface area (Å²) in [5.74, 6) is 1.08. The van der Waals surface area contributed by atoms with Gasteiger partial charge in [-0.05, 0) is 19.3 Å². The van der Waals surface area contributed by atoms with Crippen molar-refractivity contribution in [2.24, 2.45) is 11.7 Å². The molecule has 0 aromatic carbocycles. The Kier molecular flexibility index (Phi) is 5.01. The minimum atomic E-state index is 0.0247. The summed E-state index contributed by atoms with van der Waals surface area (Å²) in [4.78, 5) is 14.2. The molecule has 2 fully saturated rings. The Morgan fingerprint density at radius 3 is 2.78 bits per heavy atom. The molecule has 0 aromatic rings. The first-order valence-corrected chi connectivity index (χ1v) is 7.32. The molecule has 2 aliphatic rings. The fourth-order valence-corrected chi connectivity index (χ4v) is 3.08. The number of carbonyl (C=O) groups is 1. The molecule has 104 valence electrons. The quantitative estimate of drug-likeness (QED) is 0.828. The van der Waals surface area contributed by atoms with Gasteiger partial charge in [-0.1, -0.05) is 25.7 Å². The summed E-state index contributed by atoms with van der Waals surface area (Å²) in [6, 6.07) is 0.198. The van der Waals surface area contributed by atoms with Crippen LogP contribution in [-0.4, -0.2) is 42.6 Å². The number of nitrogens with two attached hydrogens (primary N) is 1. The Labute approximate surface area is 110 Å². The summed E-state index contributed by atoms with van der Waals surface area (Å²) in [6.45, 7) is 3.84. The number of rotatable bonds is 4. The van der Waals surface area contributed by atoms with Crippen molar-refractivity contribution in [2.75, 3.05) is 19.7 Å². The molecular weight excluding hydrogens is 228 g/mol. The van der Waals surface area contributed by atoms with Gasteiger partial charge in [0, 0.05) is 19.5 Å². The van der Waals surface area contributed by atoms with Crippen LogP contribution in [0.1, 0.15) is 45.4 Å². The second-order valence-electron chi connectivity index (χ2n) is 5.78. The van der Waals surface area contributed by atoms with Crippen LogP contribution in [0.25, 0.3) is 0 Å². The van der Waals surface area contributed by atoms with Gasteiger partial charge in [-0.25, -0.2) is 0 Å². The molecule has 2 N–H and O–H groups in total. The number of ether oxygens (including phenoxy) is 1. The first kappa shape index (κ1) is 13.8. The average Bonchev–Trinajstić information content (AvgIpc) is 2.89. The van der Waals surface area contributed by atoms with Crippen molar-refractivity contribution in [2.45, 2.75) is 57.6 Å². The Morgan fingerprint density at radius 2 is 2.11 bits per heavy atom. The van der Waals surface area contributed by atoms with E-state index in [1.165, 1.54) is 25.7 Å². The van der Waals surface area contributed by atoms with Crippen LogP contribution in [0.2, 0.25) is 0 Å². The molecule has 1 saturated heterocycles. The number of hydrogen-bond donors (Lipinski definition) is 1. The zero-order chi connectivity index (χ0) is 13.0. The van der Waals surface area contributed by atoms with Crippen molar-refractivity contribution in [3.05, 3.63) is 0 Å². The third-order valence-corrected chi connectivity index (χ3v) is 4.33. The van der Waals surface area contributed by atoms with Crippen LogP contribution in [0.4, 0.5) is 0 Å². The lowest BCUT2D eigenvalue weighted by Crippen LogP contribution is -2.52. The van der Waals surface area contributed by atoms with Gasteiger partial charge in [0.05, 0.1) is 18.8 Å². The van der Waals surface area contributed by atoms with E-state index in [0.717, 1.165) is 12.3 Å². The van der Waals surface area contributed by atoms with Crippen LogP contribution in [-0.2, 0) is 9.53 Å². The second-order valence-corrected chi connectivity index (χ2v) is 5.78. The minimum absolute atomic E-state index is 0.0247. The standard InChI is InChI=1S/C14H26N2O2/c1-11-10-18-13(8-15)9-16(11)14(17)7-6-12-4-2-3-5-12/h11-13H,2-10,15H2,1H3. The van der Waals surface area contributed by atoms with Gasteiger partial charge in [0.15, 0.2) is 0 Å². The molecule has 1 aliphatic heterocycles. The van der Waals surface area contributed by atoms with Gasteiger partial charge in [-0.3, -0.25) is 4.79 Å². The maximum absolute atomic E-state index is 12.3. The third kappa shape index (κ3) is 3.45. The van der Waals surface area contributed by atoms with Crippen molar-refractivity contribution in [3.8, 4) is 0 Å². The maximum Gasteiger partial charge on any atom is 0.222 e. The highest BCUT2D eigenvalue weighted by Crippen LogP contribution is 2.29. The summed E-state index contributed by atoms with van der Waals surface area (Å²) in [7, 11) is 0. The molecule has 2 rings (SSSR count). The van der Waals surface area contributed by atoms with E-state index in [9.17, 15) is 4.79 Å². The van der Waals surface area contributed by atoms with E-state index >= 15 is 0 Å². The van der Waals surface area contributed by atoms with E-state index in [1.54, 1.807) is 0 Å². The SMILES string of the molecule is CC1COC(CN)CN1C(=O)CCC1CCCC1. The molecule has 1 saturated carbocycles. The van der Waals surface area contributed by atoms with Crippen molar-refractivity contribution in [1.29, 1.82) is 0 Å². The van der Waals surface area contributed by atoms with E-state index < -0.39 is 0 Å². The highest BCUT2D eigenvalue weighted by molar-refractivity contribution is 5.76. The Bertz CT molecular complexity index is 277. The molecule has 0 aromatic heterocycles. The predicted octanol–water partition coefficient (Wildman–Crippen LogP) is 1.53. The lowest BCUT2D eigenvalue weighted by Gasteiger charge is -2.38. The fraction of sp³-hybridized carbons (Fsp3) is 0.929. The Morgan fingerprint density at radius 1 is 1.39 bits per heavy atom. The molecule has 0 bridgehead atoms. The number of amides is 1. The third-order valence-electron chi connectivity index (χ3n) is 4.33. The summed E-state index contributed by atoms with van der Waals surface area (Å²) in [6.07, 6.45) is 7.12. The maximum atomic E-state index is 12.3. The smallest absolute Gasteiger partial charge is 0.222 e. The van der Waals surface area contributed by atoms with E-state index in [0.29, 0.717) is 26.1 Å². The lowest BCUT2D eigenvalue weighted by atomic mass is 10.0. The number of morpholine rings is 1. The largest absolute Gasteiger partial charge is 0.373 e. The topological polar surface area (TPSA) is 55.6 Å². The Balaban J connectivity index is 1.78. The minimum Gasteiger partial charge on any atom is -0.373 e. The van der Waals surface area contributed by atoms with Gasteiger partial charge in [-0.15, -0.1) is 0 Å². The monoisotopic (exact) mass is 254 g/mol. The first-order valence-electron chi connectivity index (χ1n) is 7.32. The molecule has 0 radical (unpaired) electrons. The van der Waals surface area contributed by atoms with Crippen LogP contribution >= 0.6 is 0 Å². The molecule has 4 heteroatoms. The lowest BCUT2D eigenvalue weighted by molar-refractivity contribution is -0.143. The van der Waals surface area contributed by atoms with Gasteiger partial charge in [0.2, 0.25) is 5.91 Å².